The quantitative estimate of drug-likeness (QED) is 0.803. The van der Waals surface area contributed by atoms with Crippen LogP contribution in [0.5, 0.6) is 5.75 Å². The second kappa shape index (κ2) is 6.19. The maximum absolute atomic E-state index is 13.1. The van der Waals surface area contributed by atoms with Crippen molar-refractivity contribution in [2.75, 3.05) is 0 Å². The maximum Gasteiger partial charge on any atom is 0.125 e. The predicted octanol–water partition coefficient (Wildman–Crippen LogP) is 3.98. The van der Waals surface area contributed by atoms with Crippen LogP contribution in [0.3, 0.4) is 0 Å². The molecule has 1 heterocycles. The molecule has 3 heteroatoms. The molecule has 1 aliphatic rings. The fraction of sp³-hybridized carbons (Fsp3) is 0.600. The van der Waals surface area contributed by atoms with Crippen molar-refractivity contribution in [2.24, 2.45) is 0 Å². The first-order valence-corrected chi connectivity index (χ1v) is 6.85. The number of aliphatic hydroxyl groups is 1. The number of hydrogen-bond donors (Lipinski definition) is 1. The smallest absolute Gasteiger partial charge is 0.125 e. The summed E-state index contributed by atoms with van der Waals surface area (Å²) in [5.74, 6) is 0.313. The number of ether oxygens (including phenoxy) is 1. The van der Waals surface area contributed by atoms with Crippen molar-refractivity contribution in [1.29, 1.82) is 0 Å². The molecule has 0 fully saturated rings. The van der Waals surface area contributed by atoms with Crippen LogP contribution in [0.4, 0.5) is 4.39 Å². The van der Waals surface area contributed by atoms with Gasteiger partial charge in [0.05, 0.1) is 6.10 Å². The molecule has 0 bridgehead atoms. The molecular formula is C15H21FO2. The average molecular weight is 252 g/mol. The Bertz CT molecular complexity index is 392. The van der Waals surface area contributed by atoms with Crippen LogP contribution in [0.25, 0.3) is 0 Å². The minimum absolute atomic E-state index is 0.0646. The molecule has 1 aromatic rings. The van der Waals surface area contributed by atoms with Crippen molar-refractivity contribution in [3.63, 3.8) is 0 Å². The third-order valence-corrected chi connectivity index (χ3v) is 3.49. The van der Waals surface area contributed by atoms with Gasteiger partial charge < -0.3 is 9.84 Å². The van der Waals surface area contributed by atoms with Gasteiger partial charge in [0.2, 0.25) is 0 Å². The normalized spacial score (nSPS) is 22.4. The lowest BCUT2D eigenvalue weighted by molar-refractivity contribution is 0.0601. The van der Waals surface area contributed by atoms with Gasteiger partial charge in [-0.15, -0.1) is 0 Å². The Morgan fingerprint density at radius 2 is 2.17 bits per heavy atom. The van der Waals surface area contributed by atoms with E-state index in [1.807, 2.05) is 0 Å². The topological polar surface area (TPSA) is 29.5 Å². The predicted molar refractivity (Wildman–Crippen MR) is 69.2 cm³/mol. The summed E-state index contributed by atoms with van der Waals surface area (Å²) >= 11 is 0. The molecule has 0 radical (unpaired) electrons. The zero-order chi connectivity index (χ0) is 13.0. The molecule has 0 amide bonds. The second-order valence-electron chi connectivity index (χ2n) is 5.02. The number of halogens is 1. The summed E-state index contributed by atoms with van der Waals surface area (Å²) in [5.41, 5.74) is 0.583. The molecule has 0 spiro atoms. The van der Waals surface area contributed by atoms with Gasteiger partial charge in [0.15, 0.2) is 0 Å². The molecule has 2 atom stereocenters. The fourth-order valence-corrected chi connectivity index (χ4v) is 2.47. The SMILES string of the molecule is CCCCCCC1CC(O)c2cc(F)ccc2O1. The molecule has 2 unspecified atom stereocenters. The van der Waals surface area contributed by atoms with E-state index >= 15 is 0 Å². The van der Waals surface area contributed by atoms with Gasteiger partial charge in [0.1, 0.15) is 17.7 Å². The van der Waals surface area contributed by atoms with Gasteiger partial charge in [-0.1, -0.05) is 26.2 Å². The first kappa shape index (κ1) is 13.3. The van der Waals surface area contributed by atoms with E-state index in [0.29, 0.717) is 17.7 Å². The molecule has 100 valence electrons. The van der Waals surface area contributed by atoms with E-state index in [1.54, 1.807) is 6.07 Å². The fourth-order valence-electron chi connectivity index (χ4n) is 2.47. The number of fused-ring (bicyclic) bond motifs is 1. The van der Waals surface area contributed by atoms with Gasteiger partial charge in [-0.25, -0.2) is 4.39 Å². The van der Waals surface area contributed by atoms with Crippen LogP contribution >= 0.6 is 0 Å². The van der Waals surface area contributed by atoms with Crippen LogP contribution < -0.4 is 4.74 Å². The van der Waals surface area contributed by atoms with Crippen molar-refractivity contribution in [3.8, 4) is 5.75 Å². The molecule has 0 aliphatic carbocycles. The molecule has 1 aromatic carbocycles. The van der Waals surface area contributed by atoms with E-state index in [1.165, 1.54) is 31.4 Å². The zero-order valence-electron chi connectivity index (χ0n) is 10.9. The van der Waals surface area contributed by atoms with Crippen molar-refractivity contribution < 1.29 is 14.2 Å². The van der Waals surface area contributed by atoms with Gasteiger partial charge in [-0.2, -0.15) is 0 Å². The van der Waals surface area contributed by atoms with Gasteiger partial charge >= 0.3 is 0 Å². The molecule has 0 saturated carbocycles. The second-order valence-corrected chi connectivity index (χ2v) is 5.02. The molecule has 0 saturated heterocycles. The lowest BCUT2D eigenvalue weighted by Crippen LogP contribution is -2.25. The van der Waals surface area contributed by atoms with Crippen LogP contribution in [0, 0.1) is 5.82 Å². The Labute approximate surface area is 108 Å². The van der Waals surface area contributed by atoms with Crippen LogP contribution in [0.2, 0.25) is 0 Å². The zero-order valence-corrected chi connectivity index (χ0v) is 10.9. The van der Waals surface area contributed by atoms with Crippen molar-refractivity contribution in [1.82, 2.24) is 0 Å². The maximum atomic E-state index is 13.1. The lowest BCUT2D eigenvalue weighted by Gasteiger charge is -2.29. The van der Waals surface area contributed by atoms with Crippen molar-refractivity contribution >= 4 is 0 Å². The highest BCUT2D eigenvalue weighted by Gasteiger charge is 2.26. The molecule has 2 nitrogen and oxygen atoms in total. The highest BCUT2D eigenvalue weighted by molar-refractivity contribution is 5.37. The first-order valence-electron chi connectivity index (χ1n) is 6.85. The standard InChI is InChI=1S/C15H21FO2/c1-2-3-4-5-6-12-10-14(17)13-9-11(16)7-8-15(13)18-12/h7-9,12,14,17H,2-6,10H2,1H3. The first-order chi connectivity index (χ1) is 8.70. The molecular weight excluding hydrogens is 231 g/mol. The Morgan fingerprint density at radius 3 is 2.94 bits per heavy atom. The van der Waals surface area contributed by atoms with Gasteiger partial charge in [-0.3, -0.25) is 0 Å². The summed E-state index contributed by atoms with van der Waals surface area (Å²) in [6, 6.07) is 4.37. The minimum atomic E-state index is -0.597. The third-order valence-electron chi connectivity index (χ3n) is 3.49. The lowest BCUT2D eigenvalue weighted by atomic mass is 9.96. The Kier molecular flexibility index (Phi) is 4.59. The highest BCUT2D eigenvalue weighted by atomic mass is 19.1. The van der Waals surface area contributed by atoms with Gasteiger partial charge in [0, 0.05) is 12.0 Å². The Hall–Kier alpha value is -1.09. The van der Waals surface area contributed by atoms with Crippen LogP contribution in [-0.4, -0.2) is 11.2 Å². The number of unbranched alkanes of at least 4 members (excludes halogenated alkanes) is 3. The number of rotatable bonds is 5. The average Bonchev–Trinajstić information content (AvgIpc) is 2.36. The van der Waals surface area contributed by atoms with Gasteiger partial charge in [-0.05, 0) is 31.0 Å². The van der Waals surface area contributed by atoms with E-state index in [-0.39, 0.29) is 11.9 Å². The molecule has 1 N–H and O–H groups in total. The van der Waals surface area contributed by atoms with Crippen molar-refractivity contribution in [3.05, 3.63) is 29.6 Å². The van der Waals surface area contributed by atoms with E-state index < -0.39 is 6.10 Å². The van der Waals surface area contributed by atoms with E-state index in [4.69, 9.17) is 4.74 Å². The summed E-state index contributed by atoms with van der Waals surface area (Å²) < 4.78 is 18.9. The van der Waals surface area contributed by atoms with Gasteiger partial charge in [0.25, 0.3) is 0 Å². The minimum Gasteiger partial charge on any atom is -0.490 e. The highest BCUT2D eigenvalue weighted by Crippen LogP contribution is 2.36. The Morgan fingerprint density at radius 1 is 1.33 bits per heavy atom. The monoisotopic (exact) mass is 252 g/mol. The Balaban J connectivity index is 1.93. The summed E-state index contributed by atoms with van der Waals surface area (Å²) in [7, 11) is 0. The number of benzene rings is 1. The van der Waals surface area contributed by atoms with Crippen LogP contribution in [0.15, 0.2) is 18.2 Å². The number of hydrogen-bond acceptors (Lipinski definition) is 2. The van der Waals surface area contributed by atoms with E-state index in [9.17, 15) is 9.50 Å². The van der Waals surface area contributed by atoms with Crippen LogP contribution in [-0.2, 0) is 0 Å². The molecule has 1 aliphatic heterocycles. The molecule has 0 aromatic heterocycles. The summed E-state index contributed by atoms with van der Waals surface area (Å²) in [6.45, 7) is 2.19. The molecule has 18 heavy (non-hydrogen) atoms. The van der Waals surface area contributed by atoms with E-state index in [0.717, 1.165) is 12.8 Å². The third kappa shape index (κ3) is 3.22. The number of aliphatic hydroxyl groups excluding tert-OH is 1. The summed E-state index contributed by atoms with van der Waals surface area (Å²) in [4.78, 5) is 0. The molecule has 2 rings (SSSR count). The summed E-state index contributed by atoms with van der Waals surface area (Å²) in [5, 5.41) is 10.0. The summed E-state index contributed by atoms with van der Waals surface area (Å²) in [6.07, 6.45) is 5.81. The largest absolute Gasteiger partial charge is 0.490 e. The van der Waals surface area contributed by atoms with Crippen molar-refractivity contribution in [2.45, 2.75) is 57.7 Å². The van der Waals surface area contributed by atoms with Crippen LogP contribution in [0.1, 0.15) is 57.1 Å². The van der Waals surface area contributed by atoms with E-state index in [2.05, 4.69) is 6.92 Å².